The standard InChI is InChI=1S/C11H22NO5P/c1-3-11(2)10-17-18(14,15)16-9-7-5-4-6-8-12-13/h3H,4-10H2,1-2H3,(H,14,15)/b11-3+. The second kappa shape index (κ2) is 10.4. The molecule has 0 aromatic rings. The summed E-state index contributed by atoms with van der Waals surface area (Å²) in [7, 11) is -3.93. The summed E-state index contributed by atoms with van der Waals surface area (Å²) in [5.41, 5.74) is 0.870. The van der Waals surface area contributed by atoms with E-state index in [0.29, 0.717) is 13.0 Å². The summed E-state index contributed by atoms with van der Waals surface area (Å²) >= 11 is 0. The van der Waals surface area contributed by atoms with Gasteiger partial charge in [-0.25, -0.2) is 4.57 Å². The van der Waals surface area contributed by atoms with Crippen LogP contribution in [0.25, 0.3) is 0 Å². The number of hydrogen-bond donors (Lipinski definition) is 1. The Morgan fingerprint density at radius 3 is 2.56 bits per heavy atom. The molecule has 0 fully saturated rings. The number of unbranched alkanes of at least 4 members (excludes halogenated alkanes) is 3. The molecular formula is C11H22NO5P. The highest BCUT2D eigenvalue weighted by atomic mass is 31.2. The zero-order valence-electron chi connectivity index (χ0n) is 11.0. The molecule has 1 atom stereocenters. The van der Waals surface area contributed by atoms with E-state index in [1.165, 1.54) is 0 Å². The third-order valence-corrected chi connectivity index (χ3v) is 3.31. The molecule has 1 N–H and O–H groups in total. The molecule has 0 aromatic heterocycles. The zero-order chi connectivity index (χ0) is 13.9. The first-order chi connectivity index (χ1) is 8.52. The van der Waals surface area contributed by atoms with Gasteiger partial charge in [0.2, 0.25) is 0 Å². The van der Waals surface area contributed by atoms with Crippen molar-refractivity contribution in [2.24, 2.45) is 5.18 Å². The summed E-state index contributed by atoms with van der Waals surface area (Å²) in [6, 6.07) is 0. The van der Waals surface area contributed by atoms with Gasteiger partial charge in [0.05, 0.1) is 19.8 Å². The second-order valence-electron chi connectivity index (χ2n) is 3.98. The predicted octanol–water partition coefficient (Wildman–Crippen LogP) is 3.41. The predicted molar refractivity (Wildman–Crippen MR) is 70.3 cm³/mol. The summed E-state index contributed by atoms with van der Waals surface area (Å²) in [5, 5.41) is 2.75. The quantitative estimate of drug-likeness (QED) is 0.271. The Hall–Kier alpha value is -0.550. The van der Waals surface area contributed by atoms with Crippen molar-refractivity contribution in [2.75, 3.05) is 19.8 Å². The SMILES string of the molecule is C/C=C(\C)COP(=O)(O)OCCCCCCN=O. The van der Waals surface area contributed by atoms with Crippen molar-refractivity contribution in [3.63, 3.8) is 0 Å². The Bertz CT molecular complexity index is 306. The van der Waals surface area contributed by atoms with Gasteiger partial charge < -0.3 is 4.89 Å². The summed E-state index contributed by atoms with van der Waals surface area (Å²) < 4.78 is 21.0. The minimum atomic E-state index is -3.93. The average Bonchev–Trinajstić information content (AvgIpc) is 2.35. The van der Waals surface area contributed by atoms with Crippen molar-refractivity contribution in [2.45, 2.75) is 39.5 Å². The van der Waals surface area contributed by atoms with Crippen LogP contribution in [0.15, 0.2) is 16.8 Å². The fraction of sp³-hybridized carbons (Fsp3) is 0.818. The summed E-state index contributed by atoms with van der Waals surface area (Å²) in [4.78, 5) is 19.1. The molecule has 0 aromatic carbocycles. The molecule has 18 heavy (non-hydrogen) atoms. The Kier molecular flexibility index (Phi) is 10.1. The first kappa shape index (κ1) is 17.4. The molecule has 0 saturated carbocycles. The van der Waals surface area contributed by atoms with Gasteiger partial charge in [-0.15, -0.1) is 0 Å². The Morgan fingerprint density at radius 2 is 1.94 bits per heavy atom. The zero-order valence-corrected chi connectivity index (χ0v) is 11.9. The van der Waals surface area contributed by atoms with Gasteiger partial charge in [-0.2, -0.15) is 4.91 Å². The highest BCUT2D eigenvalue weighted by Gasteiger charge is 2.20. The van der Waals surface area contributed by atoms with Gasteiger partial charge in [0.15, 0.2) is 0 Å². The van der Waals surface area contributed by atoms with Crippen molar-refractivity contribution < 1.29 is 18.5 Å². The summed E-state index contributed by atoms with van der Waals surface area (Å²) in [6.45, 7) is 4.23. The monoisotopic (exact) mass is 279 g/mol. The lowest BCUT2D eigenvalue weighted by molar-refractivity contribution is 0.156. The van der Waals surface area contributed by atoms with Gasteiger partial charge >= 0.3 is 7.82 Å². The molecule has 0 aliphatic heterocycles. The molecule has 1 unspecified atom stereocenters. The Labute approximate surface area is 108 Å². The first-order valence-corrected chi connectivity index (χ1v) is 7.54. The molecule has 0 saturated heterocycles. The van der Waals surface area contributed by atoms with E-state index in [1.807, 2.05) is 6.92 Å². The van der Waals surface area contributed by atoms with Crippen LogP contribution in [0, 0.1) is 4.91 Å². The van der Waals surface area contributed by atoms with Gasteiger partial charge in [-0.05, 0) is 26.7 Å². The lowest BCUT2D eigenvalue weighted by Crippen LogP contribution is -1.99. The van der Waals surface area contributed by atoms with Gasteiger partial charge in [-0.3, -0.25) is 9.05 Å². The highest BCUT2D eigenvalue weighted by Crippen LogP contribution is 2.43. The largest absolute Gasteiger partial charge is 0.472 e. The van der Waals surface area contributed by atoms with Gasteiger partial charge in [-0.1, -0.05) is 29.7 Å². The van der Waals surface area contributed by atoms with Crippen LogP contribution in [0.1, 0.15) is 39.5 Å². The van der Waals surface area contributed by atoms with Crippen LogP contribution < -0.4 is 0 Å². The lowest BCUT2D eigenvalue weighted by atomic mass is 10.2. The van der Waals surface area contributed by atoms with Gasteiger partial charge in [0, 0.05) is 0 Å². The minimum absolute atomic E-state index is 0.0925. The molecule has 0 aliphatic carbocycles. The molecule has 0 bridgehead atoms. The van der Waals surface area contributed by atoms with E-state index < -0.39 is 7.82 Å². The van der Waals surface area contributed by atoms with E-state index in [-0.39, 0.29) is 13.2 Å². The fourth-order valence-electron chi connectivity index (χ4n) is 1.12. The normalized spacial score (nSPS) is 15.4. The van der Waals surface area contributed by atoms with Gasteiger partial charge in [0.25, 0.3) is 0 Å². The topological polar surface area (TPSA) is 85.2 Å². The van der Waals surface area contributed by atoms with Gasteiger partial charge in [0.1, 0.15) is 0 Å². The van der Waals surface area contributed by atoms with Crippen LogP contribution in [-0.2, 0) is 13.6 Å². The summed E-state index contributed by atoms with van der Waals surface area (Å²) in [6.07, 6.45) is 4.92. The molecular weight excluding hydrogens is 257 g/mol. The van der Waals surface area contributed by atoms with E-state index in [9.17, 15) is 14.4 Å². The molecule has 6 nitrogen and oxygen atoms in total. The fourth-order valence-corrected chi connectivity index (χ4v) is 1.92. The van der Waals surface area contributed by atoms with E-state index in [1.54, 1.807) is 13.0 Å². The van der Waals surface area contributed by atoms with E-state index in [4.69, 9.17) is 9.05 Å². The minimum Gasteiger partial charge on any atom is -0.302 e. The smallest absolute Gasteiger partial charge is 0.302 e. The van der Waals surface area contributed by atoms with E-state index >= 15 is 0 Å². The third kappa shape index (κ3) is 10.6. The first-order valence-electron chi connectivity index (χ1n) is 6.04. The maximum absolute atomic E-state index is 11.4. The van der Waals surface area contributed by atoms with Crippen LogP contribution >= 0.6 is 7.82 Å². The van der Waals surface area contributed by atoms with Crippen molar-refractivity contribution in [1.82, 2.24) is 0 Å². The maximum Gasteiger partial charge on any atom is 0.472 e. The molecule has 0 aliphatic rings. The van der Waals surface area contributed by atoms with Crippen LogP contribution in [0.2, 0.25) is 0 Å². The number of nitroso groups, excluding NO2 is 1. The molecule has 0 rings (SSSR count). The number of rotatable bonds is 11. The van der Waals surface area contributed by atoms with Crippen molar-refractivity contribution >= 4 is 7.82 Å². The third-order valence-electron chi connectivity index (χ3n) is 2.35. The summed E-state index contributed by atoms with van der Waals surface area (Å²) in [5.74, 6) is 0. The van der Waals surface area contributed by atoms with Crippen molar-refractivity contribution in [3.8, 4) is 0 Å². The molecule has 0 heterocycles. The van der Waals surface area contributed by atoms with Crippen LogP contribution in [0.5, 0.6) is 0 Å². The van der Waals surface area contributed by atoms with Crippen molar-refractivity contribution in [3.05, 3.63) is 16.6 Å². The molecule has 106 valence electrons. The van der Waals surface area contributed by atoms with Crippen molar-refractivity contribution in [1.29, 1.82) is 0 Å². The number of hydrogen-bond acceptors (Lipinski definition) is 5. The number of phosphoric ester groups is 1. The molecule has 7 heteroatoms. The Morgan fingerprint density at radius 1 is 1.28 bits per heavy atom. The van der Waals surface area contributed by atoms with E-state index in [2.05, 4.69) is 5.18 Å². The highest BCUT2D eigenvalue weighted by molar-refractivity contribution is 7.47. The molecule has 0 spiro atoms. The lowest BCUT2D eigenvalue weighted by Gasteiger charge is -2.12. The van der Waals surface area contributed by atoms with Crippen LogP contribution in [0.4, 0.5) is 0 Å². The molecule has 0 amide bonds. The average molecular weight is 279 g/mol. The van der Waals surface area contributed by atoms with Crippen LogP contribution in [-0.4, -0.2) is 24.7 Å². The van der Waals surface area contributed by atoms with Crippen LogP contribution in [0.3, 0.4) is 0 Å². The number of phosphoric acid groups is 1. The number of nitrogens with zero attached hydrogens (tertiary/aromatic N) is 1. The number of allylic oxidation sites excluding steroid dienone is 1. The second-order valence-corrected chi connectivity index (χ2v) is 5.43. The Balaban J connectivity index is 3.58. The molecule has 0 radical (unpaired) electrons. The van der Waals surface area contributed by atoms with E-state index in [0.717, 1.165) is 24.8 Å². The maximum atomic E-state index is 11.4.